The van der Waals surface area contributed by atoms with Crippen molar-refractivity contribution in [1.82, 2.24) is 0 Å². The van der Waals surface area contributed by atoms with Gasteiger partial charge in [-0.05, 0) is 66.1 Å². The molecule has 4 aromatic rings. The first-order valence-electron chi connectivity index (χ1n) is 9.53. The van der Waals surface area contributed by atoms with Crippen LogP contribution >= 0.6 is 11.6 Å². The van der Waals surface area contributed by atoms with E-state index in [-0.39, 0.29) is 22.3 Å². The van der Waals surface area contributed by atoms with Gasteiger partial charge in [0.25, 0.3) is 10.0 Å². The molecule has 0 aliphatic rings. The molecule has 0 radical (unpaired) electrons. The van der Waals surface area contributed by atoms with Crippen molar-refractivity contribution < 1.29 is 26.0 Å². The number of sulfonamides is 1. The summed E-state index contributed by atoms with van der Waals surface area (Å²) in [5.41, 5.74) is -0.723. The molecular formula is C23H15ClF3NO4S. The molecule has 0 unspecified atom stereocenters. The van der Waals surface area contributed by atoms with Gasteiger partial charge in [0.05, 0.1) is 10.5 Å². The van der Waals surface area contributed by atoms with Gasteiger partial charge in [-0.1, -0.05) is 29.8 Å². The molecule has 170 valence electrons. The molecule has 33 heavy (non-hydrogen) atoms. The number of hydrogen-bond donors (Lipinski definition) is 1. The predicted octanol–water partition coefficient (Wildman–Crippen LogP) is 5.86. The fraction of sp³-hybridized carbons (Fsp3) is 0.0870. The Hall–Kier alpha value is -3.30. The highest BCUT2D eigenvalue weighted by atomic mass is 35.5. The number of halogens is 4. The molecule has 0 saturated carbocycles. The van der Waals surface area contributed by atoms with Gasteiger partial charge in [0.1, 0.15) is 5.58 Å². The van der Waals surface area contributed by atoms with Gasteiger partial charge in [-0.25, -0.2) is 13.2 Å². The van der Waals surface area contributed by atoms with Crippen molar-refractivity contribution in [3.8, 4) is 0 Å². The maximum absolute atomic E-state index is 13.3. The standard InChI is InChI=1S/C23H15ClF3NO4S/c24-16-4-6-17(7-5-16)28-33(30,31)18-8-1-14(2-9-18)11-15-3-10-21-19(12-15)20(23(25,26)27)13-22(29)32-21/h1-10,12-13,28H,11H2. The zero-order chi connectivity index (χ0) is 23.8. The van der Waals surface area contributed by atoms with E-state index in [1.54, 1.807) is 30.3 Å². The second-order valence-corrected chi connectivity index (χ2v) is 9.36. The topological polar surface area (TPSA) is 76.4 Å². The molecule has 0 bridgehead atoms. The highest BCUT2D eigenvalue weighted by molar-refractivity contribution is 7.92. The van der Waals surface area contributed by atoms with Crippen LogP contribution < -0.4 is 10.3 Å². The molecule has 5 nitrogen and oxygen atoms in total. The molecule has 3 aromatic carbocycles. The van der Waals surface area contributed by atoms with Gasteiger partial charge in [-0.15, -0.1) is 0 Å². The molecule has 4 rings (SSSR count). The van der Waals surface area contributed by atoms with E-state index in [0.717, 1.165) is 0 Å². The van der Waals surface area contributed by atoms with Crippen LogP contribution in [0.1, 0.15) is 16.7 Å². The van der Waals surface area contributed by atoms with E-state index >= 15 is 0 Å². The largest absolute Gasteiger partial charge is 0.423 e. The highest BCUT2D eigenvalue weighted by Gasteiger charge is 2.33. The van der Waals surface area contributed by atoms with Crippen LogP contribution in [0.2, 0.25) is 5.02 Å². The average molecular weight is 494 g/mol. The molecule has 0 aliphatic heterocycles. The van der Waals surface area contributed by atoms with Gasteiger partial charge in [-0.3, -0.25) is 4.72 Å². The lowest BCUT2D eigenvalue weighted by Crippen LogP contribution is -2.12. The molecule has 1 heterocycles. The lowest BCUT2D eigenvalue weighted by molar-refractivity contribution is -0.136. The molecule has 0 amide bonds. The van der Waals surface area contributed by atoms with Gasteiger partial charge in [-0.2, -0.15) is 13.2 Å². The highest BCUT2D eigenvalue weighted by Crippen LogP contribution is 2.34. The summed E-state index contributed by atoms with van der Waals surface area (Å²) in [4.78, 5) is 11.5. The smallest absolute Gasteiger partial charge is 0.417 e. The van der Waals surface area contributed by atoms with Crippen LogP contribution in [0.3, 0.4) is 0 Å². The molecular weight excluding hydrogens is 479 g/mol. The average Bonchev–Trinajstić information content (AvgIpc) is 2.74. The summed E-state index contributed by atoms with van der Waals surface area (Å²) in [6.45, 7) is 0. The summed E-state index contributed by atoms with van der Waals surface area (Å²) in [7, 11) is -3.83. The first-order chi connectivity index (χ1) is 15.5. The fourth-order valence-electron chi connectivity index (χ4n) is 3.31. The van der Waals surface area contributed by atoms with E-state index in [0.29, 0.717) is 27.9 Å². The van der Waals surface area contributed by atoms with E-state index in [4.69, 9.17) is 16.0 Å². The minimum Gasteiger partial charge on any atom is -0.423 e. The molecule has 10 heteroatoms. The van der Waals surface area contributed by atoms with Gasteiger partial charge in [0.15, 0.2) is 0 Å². The minimum atomic E-state index is -4.71. The van der Waals surface area contributed by atoms with Crippen molar-refractivity contribution in [2.24, 2.45) is 0 Å². The zero-order valence-corrected chi connectivity index (χ0v) is 18.3. The summed E-state index contributed by atoms with van der Waals surface area (Å²) >= 11 is 5.80. The van der Waals surface area contributed by atoms with Crippen LogP contribution in [0.15, 0.2) is 86.9 Å². The predicted molar refractivity (Wildman–Crippen MR) is 119 cm³/mol. The summed E-state index contributed by atoms with van der Waals surface area (Å²) in [5.74, 6) is 0. The quantitative estimate of drug-likeness (QED) is 0.353. The van der Waals surface area contributed by atoms with E-state index < -0.39 is 27.4 Å². The van der Waals surface area contributed by atoms with Crippen molar-refractivity contribution in [3.63, 3.8) is 0 Å². The van der Waals surface area contributed by atoms with Crippen molar-refractivity contribution in [2.45, 2.75) is 17.5 Å². The van der Waals surface area contributed by atoms with Crippen molar-refractivity contribution >= 4 is 38.3 Å². The maximum atomic E-state index is 13.3. The van der Waals surface area contributed by atoms with Crippen LogP contribution in [0.25, 0.3) is 11.0 Å². The molecule has 0 spiro atoms. The second-order valence-electron chi connectivity index (χ2n) is 7.24. The normalized spacial score (nSPS) is 12.1. The van der Waals surface area contributed by atoms with Crippen LogP contribution in [0, 0.1) is 0 Å². The summed E-state index contributed by atoms with van der Waals surface area (Å²) < 4.78 is 72.5. The Morgan fingerprint density at radius 2 is 1.52 bits per heavy atom. The fourth-order valence-corrected chi connectivity index (χ4v) is 4.49. The molecule has 0 aliphatic carbocycles. The summed E-state index contributed by atoms with van der Waals surface area (Å²) in [6, 6.07) is 16.8. The molecule has 1 N–H and O–H groups in total. The lowest BCUT2D eigenvalue weighted by atomic mass is 10.0. The van der Waals surface area contributed by atoms with Crippen LogP contribution in [-0.2, 0) is 22.6 Å². The Kier molecular flexibility index (Phi) is 5.94. The third kappa shape index (κ3) is 5.20. The van der Waals surface area contributed by atoms with Crippen molar-refractivity contribution in [1.29, 1.82) is 0 Å². The van der Waals surface area contributed by atoms with Gasteiger partial charge >= 0.3 is 11.8 Å². The zero-order valence-electron chi connectivity index (χ0n) is 16.7. The second kappa shape index (κ2) is 8.57. The van der Waals surface area contributed by atoms with Gasteiger partial charge in [0, 0.05) is 22.2 Å². The number of nitrogens with one attached hydrogen (secondary N) is 1. The number of anilines is 1. The first kappa shape index (κ1) is 22.9. The summed E-state index contributed by atoms with van der Waals surface area (Å²) in [5, 5.41) is 0.256. The monoisotopic (exact) mass is 493 g/mol. The van der Waals surface area contributed by atoms with E-state index in [1.807, 2.05) is 0 Å². The Bertz CT molecular complexity index is 1480. The Balaban J connectivity index is 1.58. The van der Waals surface area contributed by atoms with Crippen LogP contribution in [0.4, 0.5) is 18.9 Å². The number of benzene rings is 3. The Morgan fingerprint density at radius 1 is 0.879 bits per heavy atom. The Labute approximate surface area is 191 Å². The van der Waals surface area contributed by atoms with E-state index in [1.165, 1.54) is 36.4 Å². The van der Waals surface area contributed by atoms with Crippen LogP contribution in [-0.4, -0.2) is 8.42 Å². The van der Waals surface area contributed by atoms with Crippen molar-refractivity contribution in [3.05, 3.63) is 105 Å². The van der Waals surface area contributed by atoms with Crippen molar-refractivity contribution in [2.75, 3.05) is 4.72 Å². The third-order valence-corrected chi connectivity index (χ3v) is 6.50. The number of fused-ring (bicyclic) bond motifs is 1. The summed E-state index contributed by atoms with van der Waals surface area (Å²) in [6.07, 6.45) is -4.46. The van der Waals surface area contributed by atoms with Gasteiger partial charge in [0.2, 0.25) is 0 Å². The van der Waals surface area contributed by atoms with Gasteiger partial charge < -0.3 is 4.42 Å². The molecule has 0 fully saturated rings. The Morgan fingerprint density at radius 3 is 2.15 bits per heavy atom. The molecule has 0 atom stereocenters. The first-order valence-corrected chi connectivity index (χ1v) is 11.4. The lowest BCUT2D eigenvalue weighted by Gasteiger charge is -2.11. The SMILES string of the molecule is O=c1cc(C(F)(F)F)c2cc(Cc3ccc(S(=O)(=O)Nc4ccc(Cl)cc4)cc3)ccc2o1. The third-order valence-electron chi connectivity index (χ3n) is 4.85. The van der Waals surface area contributed by atoms with Crippen LogP contribution in [0.5, 0.6) is 0 Å². The number of alkyl halides is 3. The minimum absolute atomic E-state index is 0.0286. The molecule has 0 saturated heterocycles. The molecule has 1 aromatic heterocycles. The number of rotatable bonds is 5. The van der Waals surface area contributed by atoms with E-state index in [9.17, 15) is 26.4 Å². The maximum Gasteiger partial charge on any atom is 0.417 e. The van der Waals surface area contributed by atoms with E-state index in [2.05, 4.69) is 4.72 Å². The number of hydrogen-bond acceptors (Lipinski definition) is 4.